The quantitative estimate of drug-likeness (QED) is 0.558. The lowest BCUT2D eigenvalue weighted by Gasteiger charge is -2.42. The van der Waals surface area contributed by atoms with E-state index in [0.717, 1.165) is 11.3 Å². The first kappa shape index (κ1) is 21.1. The summed E-state index contributed by atoms with van der Waals surface area (Å²) >= 11 is 2.75. The molecule has 2 N–H and O–H groups in total. The van der Waals surface area contributed by atoms with Gasteiger partial charge in [-0.15, -0.1) is 16.6 Å². The van der Waals surface area contributed by atoms with Gasteiger partial charge in [-0.05, 0) is 23.5 Å². The van der Waals surface area contributed by atoms with Crippen molar-refractivity contribution in [3.05, 3.63) is 52.8 Å². The van der Waals surface area contributed by atoms with Crippen LogP contribution in [0.3, 0.4) is 0 Å². The minimum absolute atomic E-state index is 0.0109. The van der Waals surface area contributed by atoms with Gasteiger partial charge in [0.05, 0.1) is 23.3 Å². The van der Waals surface area contributed by atoms with Crippen LogP contribution >= 0.6 is 23.1 Å². The number of Topliss-reactive ketones (excluding diaryl/α,β-unsaturated/α-hetero) is 1. The summed E-state index contributed by atoms with van der Waals surface area (Å²) in [6, 6.07) is 5.91. The first-order valence-corrected chi connectivity index (χ1v) is 11.4. The van der Waals surface area contributed by atoms with Crippen LogP contribution in [0.25, 0.3) is 0 Å². The number of nitrogens with zero attached hydrogens (tertiary/aromatic N) is 5. The minimum Gasteiger partial charge on any atom is -0.384 e. The molecule has 0 amide bonds. The van der Waals surface area contributed by atoms with E-state index in [2.05, 4.69) is 41.0 Å². The van der Waals surface area contributed by atoms with Crippen LogP contribution in [-0.2, 0) is 4.79 Å². The van der Waals surface area contributed by atoms with Gasteiger partial charge >= 0.3 is 0 Å². The van der Waals surface area contributed by atoms with Crippen LogP contribution in [0.15, 0.2) is 51.5 Å². The lowest BCUT2D eigenvalue weighted by Crippen LogP contribution is -2.42. The Morgan fingerprint density at radius 2 is 2.23 bits per heavy atom. The van der Waals surface area contributed by atoms with E-state index in [9.17, 15) is 10.1 Å². The molecular weight excluding hydrogens is 428 g/mol. The molecule has 0 fully saturated rings. The van der Waals surface area contributed by atoms with Crippen molar-refractivity contribution in [2.75, 3.05) is 10.7 Å². The number of thioether (sulfide) groups is 1. The van der Waals surface area contributed by atoms with Gasteiger partial charge in [0.25, 0.3) is 0 Å². The van der Waals surface area contributed by atoms with Gasteiger partial charge in [-0.3, -0.25) is 14.7 Å². The molecule has 1 unspecified atom stereocenters. The van der Waals surface area contributed by atoms with E-state index >= 15 is 0 Å². The number of carbonyl (C=O) groups is 1. The number of nitriles is 1. The molecule has 2 aromatic rings. The van der Waals surface area contributed by atoms with Crippen LogP contribution in [0.2, 0.25) is 0 Å². The van der Waals surface area contributed by atoms with E-state index in [1.54, 1.807) is 23.4 Å². The van der Waals surface area contributed by atoms with E-state index < -0.39 is 5.92 Å². The molecule has 0 bridgehead atoms. The Morgan fingerprint density at radius 1 is 1.42 bits per heavy atom. The van der Waals surface area contributed by atoms with E-state index in [0.29, 0.717) is 39.2 Å². The average molecular weight is 449 g/mol. The third-order valence-corrected chi connectivity index (χ3v) is 7.21. The lowest BCUT2D eigenvalue weighted by molar-refractivity contribution is -0.118. The largest absolute Gasteiger partial charge is 0.384 e. The maximum absolute atomic E-state index is 13.4. The second kappa shape index (κ2) is 8.18. The molecule has 1 aliphatic heterocycles. The summed E-state index contributed by atoms with van der Waals surface area (Å²) < 4.78 is 0.706. The summed E-state index contributed by atoms with van der Waals surface area (Å²) in [6.07, 6.45) is 9.71. The second-order valence-corrected chi connectivity index (χ2v) is 10.3. The Balaban J connectivity index is 1.91. The normalized spacial score (nSPS) is 20.3. The molecular formula is C22H20N6OS2. The van der Waals surface area contributed by atoms with Crippen molar-refractivity contribution in [2.45, 2.75) is 36.9 Å². The predicted octanol–water partition coefficient (Wildman–Crippen LogP) is 3.60. The van der Waals surface area contributed by atoms with Crippen LogP contribution in [0.1, 0.15) is 38.2 Å². The number of nitrogens with two attached hydrogens (primary N) is 1. The van der Waals surface area contributed by atoms with Crippen molar-refractivity contribution in [1.82, 2.24) is 15.2 Å². The number of aromatic nitrogens is 3. The third-order valence-electron chi connectivity index (χ3n) is 5.26. The highest BCUT2D eigenvalue weighted by Gasteiger charge is 2.45. The molecule has 3 heterocycles. The smallest absolute Gasteiger partial charge is 0.219 e. The monoisotopic (exact) mass is 448 g/mol. The minimum atomic E-state index is -0.545. The third kappa shape index (κ3) is 3.83. The second-order valence-electron chi connectivity index (χ2n) is 8.11. The molecule has 1 aliphatic carbocycles. The molecule has 0 spiro atoms. The fourth-order valence-corrected chi connectivity index (χ4v) is 5.62. The van der Waals surface area contributed by atoms with Crippen molar-refractivity contribution >= 4 is 34.0 Å². The zero-order chi connectivity index (χ0) is 22.2. The number of hydrogen-bond acceptors (Lipinski definition) is 9. The van der Waals surface area contributed by atoms with Gasteiger partial charge < -0.3 is 5.73 Å². The number of rotatable bonds is 4. The maximum Gasteiger partial charge on any atom is 0.219 e. The summed E-state index contributed by atoms with van der Waals surface area (Å²) in [6.45, 7) is 4.11. The molecule has 2 aliphatic rings. The molecule has 0 radical (unpaired) electrons. The molecule has 1 atom stereocenters. The number of hydrogen-bond donors (Lipinski definition) is 1. The maximum atomic E-state index is 13.4. The van der Waals surface area contributed by atoms with Gasteiger partial charge in [-0.25, -0.2) is 0 Å². The molecule has 0 saturated carbocycles. The van der Waals surface area contributed by atoms with Crippen LogP contribution < -0.4 is 10.6 Å². The number of allylic oxidation sites excluding steroid dienone is 3. The van der Waals surface area contributed by atoms with Gasteiger partial charge in [-0.2, -0.15) is 5.26 Å². The van der Waals surface area contributed by atoms with Gasteiger partial charge in [0.15, 0.2) is 10.1 Å². The standard InChI is InChI=1S/C22H20N6OS2/c1-4-8-30-21-27-26-20(31-21)28-15-9-22(2,3)10-16(29)18(15)17(14(11-23)19(28)24)13-6-5-7-25-12-13/h1,5-7,12,17H,8-10,24H2,2-3H3. The number of carbonyl (C=O) groups excluding carboxylic acids is 1. The molecule has 4 rings (SSSR count). The average Bonchev–Trinajstić information content (AvgIpc) is 3.19. The Labute approximate surface area is 189 Å². The summed E-state index contributed by atoms with van der Waals surface area (Å²) in [7, 11) is 0. The molecule has 2 aromatic heterocycles. The molecule has 0 saturated heterocycles. The molecule has 7 nitrogen and oxygen atoms in total. The fraction of sp³-hybridized carbons (Fsp3) is 0.318. The number of terminal acetylenes is 1. The summed E-state index contributed by atoms with van der Waals surface area (Å²) in [5.74, 6) is 2.78. The lowest BCUT2D eigenvalue weighted by atomic mass is 9.69. The Hall–Kier alpha value is -3.14. The fourth-order valence-electron chi connectivity index (χ4n) is 4.06. The van der Waals surface area contributed by atoms with E-state index in [1.807, 2.05) is 6.07 Å². The van der Waals surface area contributed by atoms with Crippen molar-refractivity contribution in [1.29, 1.82) is 5.26 Å². The highest BCUT2D eigenvalue weighted by atomic mass is 32.2. The highest BCUT2D eigenvalue weighted by Crippen LogP contribution is 2.50. The van der Waals surface area contributed by atoms with Crippen LogP contribution in [-0.4, -0.2) is 26.7 Å². The molecule has 0 aromatic carbocycles. The first-order valence-electron chi connectivity index (χ1n) is 9.62. The summed E-state index contributed by atoms with van der Waals surface area (Å²) in [5.41, 5.74) is 8.76. The Bertz CT molecular complexity index is 1180. The molecule has 156 valence electrons. The molecule has 9 heteroatoms. The summed E-state index contributed by atoms with van der Waals surface area (Å²) in [5, 5.41) is 19.0. The van der Waals surface area contributed by atoms with Gasteiger partial charge in [0, 0.05) is 30.1 Å². The summed E-state index contributed by atoms with van der Waals surface area (Å²) in [4.78, 5) is 19.3. The van der Waals surface area contributed by atoms with Crippen LogP contribution in [0, 0.1) is 29.1 Å². The van der Waals surface area contributed by atoms with Crippen molar-refractivity contribution in [3.63, 3.8) is 0 Å². The van der Waals surface area contributed by atoms with Gasteiger partial charge in [0.2, 0.25) is 5.13 Å². The zero-order valence-electron chi connectivity index (χ0n) is 17.1. The number of ketones is 1. The number of pyridine rings is 1. The Kier molecular flexibility index (Phi) is 5.57. The predicted molar refractivity (Wildman–Crippen MR) is 121 cm³/mol. The van der Waals surface area contributed by atoms with Crippen molar-refractivity contribution < 1.29 is 4.79 Å². The van der Waals surface area contributed by atoms with Gasteiger partial charge in [-0.1, -0.05) is 48.9 Å². The number of anilines is 1. The van der Waals surface area contributed by atoms with Crippen molar-refractivity contribution in [3.8, 4) is 18.4 Å². The van der Waals surface area contributed by atoms with E-state index in [1.165, 1.54) is 23.1 Å². The van der Waals surface area contributed by atoms with E-state index in [-0.39, 0.29) is 17.0 Å². The molecule has 31 heavy (non-hydrogen) atoms. The SMILES string of the molecule is C#CCSc1nnc(N2C(N)=C(C#N)C(c3cccnc3)C3=C2CC(C)(C)CC3=O)s1. The topological polar surface area (TPSA) is 109 Å². The van der Waals surface area contributed by atoms with Crippen molar-refractivity contribution in [2.24, 2.45) is 11.1 Å². The first-order chi connectivity index (χ1) is 14.9. The highest BCUT2D eigenvalue weighted by molar-refractivity contribution is 8.01. The van der Waals surface area contributed by atoms with Gasteiger partial charge in [0.1, 0.15) is 5.82 Å². The van der Waals surface area contributed by atoms with E-state index in [4.69, 9.17) is 12.2 Å². The van der Waals surface area contributed by atoms with Crippen LogP contribution in [0.5, 0.6) is 0 Å². The van der Waals surface area contributed by atoms with Crippen LogP contribution in [0.4, 0.5) is 5.13 Å². The Morgan fingerprint density at radius 3 is 2.90 bits per heavy atom. The zero-order valence-corrected chi connectivity index (χ0v) is 18.8.